The van der Waals surface area contributed by atoms with E-state index in [1.54, 1.807) is 0 Å². The smallest absolute Gasteiger partial charge is 0.251 e. The van der Waals surface area contributed by atoms with Crippen LogP contribution in [0.5, 0.6) is 0 Å². The van der Waals surface area contributed by atoms with Crippen LogP contribution in [-0.2, 0) is 0 Å². The van der Waals surface area contributed by atoms with E-state index in [0.29, 0.717) is 18.5 Å². The van der Waals surface area contributed by atoms with Gasteiger partial charge in [0.05, 0.1) is 0 Å². The summed E-state index contributed by atoms with van der Waals surface area (Å²) in [7, 11) is 0. The predicted octanol–water partition coefficient (Wildman–Crippen LogP) is 3.57. The molecule has 0 spiro atoms. The number of hydrogen-bond donors (Lipinski definition) is 2. The lowest BCUT2D eigenvalue weighted by Gasteiger charge is -2.37. The van der Waals surface area contributed by atoms with Crippen LogP contribution >= 0.6 is 0 Å². The monoisotopic (exact) mass is 322 g/mol. The molecule has 0 aliphatic heterocycles. The van der Waals surface area contributed by atoms with Crippen molar-refractivity contribution >= 4 is 5.91 Å². The van der Waals surface area contributed by atoms with E-state index in [1.807, 2.05) is 31.2 Å². The van der Waals surface area contributed by atoms with Crippen LogP contribution in [-0.4, -0.2) is 25.0 Å². The van der Waals surface area contributed by atoms with Crippen molar-refractivity contribution in [2.75, 3.05) is 13.1 Å². The molecular formula is C21H26N2O. The first-order chi connectivity index (χ1) is 11.6. The maximum absolute atomic E-state index is 12.0. The van der Waals surface area contributed by atoms with Gasteiger partial charge in [-0.05, 0) is 55.9 Å². The first-order valence-electron chi connectivity index (χ1n) is 8.77. The molecule has 3 nitrogen and oxygen atoms in total. The van der Waals surface area contributed by atoms with Gasteiger partial charge in [-0.15, -0.1) is 0 Å². The van der Waals surface area contributed by atoms with Crippen LogP contribution in [0, 0.1) is 13.8 Å². The van der Waals surface area contributed by atoms with E-state index in [4.69, 9.17) is 0 Å². The van der Waals surface area contributed by atoms with Gasteiger partial charge in [0.1, 0.15) is 0 Å². The Morgan fingerprint density at radius 1 is 1.00 bits per heavy atom. The Morgan fingerprint density at radius 2 is 1.71 bits per heavy atom. The summed E-state index contributed by atoms with van der Waals surface area (Å²) in [4.78, 5) is 12.0. The second kappa shape index (κ2) is 7.63. The Hall–Kier alpha value is -2.13. The topological polar surface area (TPSA) is 41.1 Å². The zero-order valence-electron chi connectivity index (χ0n) is 14.5. The lowest BCUT2D eigenvalue weighted by molar-refractivity contribution is 0.0953. The summed E-state index contributed by atoms with van der Waals surface area (Å²) in [5.74, 6) is 0.689. The van der Waals surface area contributed by atoms with Gasteiger partial charge in [-0.2, -0.15) is 0 Å². The van der Waals surface area contributed by atoms with Crippen LogP contribution in [0.3, 0.4) is 0 Å². The Bertz CT molecular complexity index is 687. The largest absolute Gasteiger partial charge is 0.351 e. The minimum atomic E-state index is 0.00296. The number of carbonyl (C=O) groups is 1. The summed E-state index contributed by atoms with van der Waals surface area (Å²) in [6.45, 7) is 5.70. The highest BCUT2D eigenvalue weighted by Gasteiger charge is 2.30. The lowest BCUT2D eigenvalue weighted by atomic mass is 9.74. The van der Waals surface area contributed by atoms with E-state index < -0.39 is 0 Å². The molecule has 2 aromatic rings. The Kier molecular flexibility index (Phi) is 5.31. The van der Waals surface area contributed by atoms with Gasteiger partial charge in [0, 0.05) is 24.7 Å². The Balaban J connectivity index is 1.34. The summed E-state index contributed by atoms with van der Waals surface area (Å²) in [6, 6.07) is 16.9. The average molecular weight is 322 g/mol. The highest BCUT2D eigenvalue weighted by Crippen LogP contribution is 2.38. The molecule has 2 aromatic carbocycles. The van der Waals surface area contributed by atoms with E-state index >= 15 is 0 Å². The third-order valence-electron chi connectivity index (χ3n) is 4.92. The molecule has 0 radical (unpaired) electrons. The summed E-state index contributed by atoms with van der Waals surface area (Å²) >= 11 is 0. The molecule has 1 saturated carbocycles. The fourth-order valence-electron chi connectivity index (χ4n) is 3.34. The minimum absolute atomic E-state index is 0.00296. The summed E-state index contributed by atoms with van der Waals surface area (Å²) < 4.78 is 0. The second-order valence-electron chi connectivity index (χ2n) is 6.80. The third-order valence-corrected chi connectivity index (χ3v) is 4.92. The van der Waals surface area contributed by atoms with Gasteiger partial charge in [0.2, 0.25) is 0 Å². The van der Waals surface area contributed by atoms with Crippen LogP contribution in [0.1, 0.15) is 45.8 Å². The molecule has 0 bridgehead atoms. The first kappa shape index (κ1) is 16.7. The molecule has 1 amide bonds. The van der Waals surface area contributed by atoms with E-state index in [2.05, 4.69) is 41.8 Å². The molecule has 3 heteroatoms. The number of hydrogen-bond acceptors (Lipinski definition) is 2. The zero-order chi connectivity index (χ0) is 16.9. The summed E-state index contributed by atoms with van der Waals surface area (Å²) in [6.07, 6.45) is 2.38. The molecular weight excluding hydrogens is 296 g/mol. The molecule has 1 aliphatic rings. The van der Waals surface area contributed by atoms with Crippen molar-refractivity contribution in [3.8, 4) is 0 Å². The van der Waals surface area contributed by atoms with Crippen LogP contribution < -0.4 is 10.6 Å². The standard InChI is InChI=1S/C21H26N2O/c1-15-7-9-17(10-8-15)21(24)23-12-11-22-19-13-18(14-19)20-6-4-3-5-16(20)2/h3-10,18-19,22H,11-14H2,1-2H3,(H,23,24). The first-order valence-corrected chi connectivity index (χ1v) is 8.77. The maximum atomic E-state index is 12.0. The number of benzene rings is 2. The predicted molar refractivity (Wildman–Crippen MR) is 98.5 cm³/mol. The molecule has 3 rings (SSSR count). The molecule has 0 heterocycles. The van der Waals surface area contributed by atoms with Crippen molar-refractivity contribution in [2.24, 2.45) is 0 Å². The molecule has 24 heavy (non-hydrogen) atoms. The normalized spacial score (nSPS) is 19.6. The number of carbonyl (C=O) groups excluding carboxylic acids is 1. The molecule has 1 aliphatic carbocycles. The van der Waals surface area contributed by atoms with Crippen molar-refractivity contribution in [1.29, 1.82) is 0 Å². The molecule has 2 N–H and O–H groups in total. The minimum Gasteiger partial charge on any atom is -0.351 e. The molecule has 0 unspecified atom stereocenters. The van der Waals surface area contributed by atoms with E-state index in [9.17, 15) is 4.79 Å². The van der Waals surface area contributed by atoms with Gasteiger partial charge >= 0.3 is 0 Å². The van der Waals surface area contributed by atoms with Crippen LogP contribution in [0.4, 0.5) is 0 Å². The van der Waals surface area contributed by atoms with Crippen molar-refractivity contribution in [3.63, 3.8) is 0 Å². The molecule has 1 fully saturated rings. The quantitative estimate of drug-likeness (QED) is 0.798. The van der Waals surface area contributed by atoms with E-state index in [0.717, 1.165) is 12.1 Å². The molecule has 0 atom stereocenters. The fourth-order valence-corrected chi connectivity index (χ4v) is 3.34. The summed E-state index contributed by atoms with van der Waals surface area (Å²) in [5, 5.41) is 6.51. The Labute approximate surface area is 144 Å². The van der Waals surface area contributed by atoms with Gasteiger partial charge in [0.15, 0.2) is 0 Å². The maximum Gasteiger partial charge on any atom is 0.251 e. The highest BCUT2D eigenvalue weighted by molar-refractivity contribution is 5.94. The van der Waals surface area contributed by atoms with Crippen molar-refractivity contribution in [2.45, 2.75) is 38.6 Å². The highest BCUT2D eigenvalue weighted by atomic mass is 16.1. The SMILES string of the molecule is Cc1ccc(C(=O)NCCNC2CC(c3ccccc3C)C2)cc1. The molecule has 126 valence electrons. The number of rotatable bonds is 6. The number of nitrogens with one attached hydrogen (secondary N) is 2. The fraction of sp³-hybridized carbons (Fsp3) is 0.381. The second-order valence-corrected chi connectivity index (χ2v) is 6.80. The van der Waals surface area contributed by atoms with Crippen LogP contribution in [0.25, 0.3) is 0 Å². The van der Waals surface area contributed by atoms with Crippen molar-refractivity contribution in [1.82, 2.24) is 10.6 Å². The van der Waals surface area contributed by atoms with Crippen LogP contribution in [0.2, 0.25) is 0 Å². The van der Waals surface area contributed by atoms with Gasteiger partial charge < -0.3 is 10.6 Å². The lowest BCUT2D eigenvalue weighted by Crippen LogP contribution is -2.43. The van der Waals surface area contributed by atoms with Gasteiger partial charge in [0.25, 0.3) is 5.91 Å². The van der Waals surface area contributed by atoms with Crippen molar-refractivity contribution in [3.05, 3.63) is 70.8 Å². The van der Waals surface area contributed by atoms with Gasteiger partial charge in [-0.25, -0.2) is 0 Å². The van der Waals surface area contributed by atoms with Crippen LogP contribution in [0.15, 0.2) is 48.5 Å². The van der Waals surface area contributed by atoms with Gasteiger partial charge in [-0.1, -0.05) is 42.0 Å². The molecule has 0 aromatic heterocycles. The Morgan fingerprint density at radius 3 is 2.42 bits per heavy atom. The van der Waals surface area contributed by atoms with Gasteiger partial charge in [-0.3, -0.25) is 4.79 Å². The average Bonchev–Trinajstić information content (AvgIpc) is 2.54. The third kappa shape index (κ3) is 4.04. The summed E-state index contributed by atoms with van der Waals surface area (Å²) in [5.41, 5.74) is 4.78. The van der Waals surface area contributed by atoms with E-state index in [1.165, 1.54) is 29.5 Å². The number of aryl methyl sites for hydroxylation is 2. The number of amides is 1. The molecule has 0 saturated heterocycles. The van der Waals surface area contributed by atoms with Crippen molar-refractivity contribution < 1.29 is 4.79 Å². The zero-order valence-corrected chi connectivity index (χ0v) is 14.5. The van der Waals surface area contributed by atoms with E-state index in [-0.39, 0.29) is 5.91 Å².